The molecule has 2 atom stereocenters. The van der Waals surface area contributed by atoms with Crippen molar-refractivity contribution in [1.82, 2.24) is 9.80 Å². The molecule has 6 nitrogen and oxygen atoms in total. The lowest BCUT2D eigenvalue weighted by molar-refractivity contribution is 0.0171. The van der Waals surface area contributed by atoms with Gasteiger partial charge in [-0.05, 0) is 50.9 Å². The van der Waals surface area contributed by atoms with Crippen LogP contribution in [0.1, 0.15) is 53.5 Å². The minimum atomic E-state index is -1.86. The van der Waals surface area contributed by atoms with Crippen molar-refractivity contribution in [3.05, 3.63) is 35.9 Å². The molecule has 0 aromatic heterocycles. The number of carbonyl (C=O) groups is 1. The Morgan fingerprint density at radius 2 is 1.69 bits per heavy atom. The Hall–Kier alpha value is -1.41. The summed E-state index contributed by atoms with van der Waals surface area (Å²) in [5, 5.41) is 10.9. The van der Waals surface area contributed by atoms with Crippen molar-refractivity contribution >= 4 is 14.4 Å². The van der Waals surface area contributed by atoms with Crippen LogP contribution in [0.4, 0.5) is 4.79 Å². The lowest BCUT2D eigenvalue weighted by atomic mass is 10.1. The van der Waals surface area contributed by atoms with Crippen LogP contribution in [0.25, 0.3) is 0 Å². The van der Waals surface area contributed by atoms with Gasteiger partial charge in [-0.2, -0.15) is 0 Å². The summed E-state index contributed by atoms with van der Waals surface area (Å²) in [4.78, 5) is 16.8. The first-order valence-corrected chi connectivity index (χ1v) is 14.7. The SMILES string of the molecule is CC(C)(C)OC(=O)N1C[C@H](O)CN(Cc2ccccc2)[C@H](CCO[Si](C)(C)C(C)(C)C)C1. The summed E-state index contributed by atoms with van der Waals surface area (Å²) in [5.41, 5.74) is 0.625. The molecule has 1 aliphatic rings. The number of aliphatic hydroxyl groups excluding tert-OH is 1. The number of rotatable bonds is 6. The number of carbonyl (C=O) groups excluding carboxylic acids is 1. The largest absolute Gasteiger partial charge is 0.444 e. The van der Waals surface area contributed by atoms with Gasteiger partial charge in [-0.15, -0.1) is 0 Å². The van der Waals surface area contributed by atoms with Gasteiger partial charge >= 0.3 is 6.09 Å². The predicted molar refractivity (Wildman–Crippen MR) is 132 cm³/mol. The number of benzene rings is 1. The molecule has 0 aliphatic carbocycles. The van der Waals surface area contributed by atoms with Crippen LogP contribution >= 0.6 is 0 Å². The van der Waals surface area contributed by atoms with Gasteiger partial charge in [-0.1, -0.05) is 51.1 Å². The fourth-order valence-electron chi connectivity index (χ4n) is 3.60. The van der Waals surface area contributed by atoms with Crippen LogP contribution in [-0.4, -0.2) is 73.3 Å². The molecule has 1 heterocycles. The van der Waals surface area contributed by atoms with Crippen LogP contribution < -0.4 is 0 Å². The molecule has 0 saturated carbocycles. The van der Waals surface area contributed by atoms with Crippen LogP contribution in [0.2, 0.25) is 18.1 Å². The molecule has 7 heteroatoms. The molecule has 1 aliphatic heterocycles. The molecule has 1 aromatic carbocycles. The van der Waals surface area contributed by atoms with Gasteiger partial charge in [0.15, 0.2) is 8.32 Å². The van der Waals surface area contributed by atoms with Crippen molar-refractivity contribution in [2.24, 2.45) is 0 Å². The van der Waals surface area contributed by atoms with Gasteiger partial charge < -0.3 is 19.2 Å². The number of nitrogens with zero attached hydrogens (tertiary/aromatic N) is 2. The van der Waals surface area contributed by atoms with E-state index in [2.05, 4.69) is 50.9 Å². The summed E-state index contributed by atoms with van der Waals surface area (Å²) < 4.78 is 12.1. The van der Waals surface area contributed by atoms with Crippen LogP contribution in [0.5, 0.6) is 0 Å². The molecule has 1 saturated heterocycles. The lowest BCUT2D eigenvalue weighted by Gasteiger charge is -2.37. The maximum atomic E-state index is 12.8. The van der Waals surface area contributed by atoms with Gasteiger partial charge in [0.05, 0.1) is 12.6 Å². The monoisotopic (exact) mass is 464 g/mol. The fraction of sp³-hybridized carbons (Fsp3) is 0.720. The minimum absolute atomic E-state index is 0.0737. The molecule has 1 aromatic rings. The first-order chi connectivity index (χ1) is 14.7. The summed E-state index contributed by atoms with van der Waals surface area (Å²) in [6, 6.07) is 10.4. The second kappa shape index (κ2) is 10.7. The smallest absolute Gasteiger partial charge is 0.410 e. The van der Waals surface area contributed by atoms with E-state index in [0.717, 1.165) is 13.0 Å². The van der Waals surface area contributed by atoms with E-state index in [0.29, 0.717) is 19.7 Å². The van der Waals surface area contributed by atoms with E-state index < -0.39 is 20.0 Å². The average molecular weight is 465 g/mol. The van der Waals surface area contributed by atoms with Crippen molar-refractivity contribution in [2.45, 2.75) is 90.4 Å². The lowest BCUT2D eigenvalue weighted by Crippen LogP contribution is -2.46. The van der Waals surface area contributed by atoms with Gasteiger partial charge in [0.2, 0.25) is 0 Å². The number of aliphatic hydroxyl groups is 1. The zero-order valence-electron chi connectivity index (χ0n) is 21.4. The normalized spacial score (nSPS) is 21.3. The fourth-order valence-corrected chi connectivity index (χ4v) is 4.67. The van der Waals surface area contributed by atoms with Crippen LogP contribution in [0.15, 0.2) is 30.3 Å². The highest BCUT2D eigenvalue weighted by atomic mass is 28.4. The predicted octanol–water partition coefficient (Wildman–Crippen LogP) is 4.88. The van der Waals surface area contributed by atoms with Gasteiger partial charge in [0.25, 0.3) is 0 Å². The first-order valence-electron chi connectivity index (χ1n) is 11.8. The Bertz CT molecular complexity index is 728. The molecule has 2 rings (SSSR count). The molecule has 0 unspecified atom stereocenters. The molecule has 1 fully saturated rings. The van der Waals surface area contributed by atoms with Gasteiger partial charge in [0.1, 0.15) is 5.60 Å². The van der Waals surface area contributed by atoms with Crippen molar-refractivity contribution in [1.29, 1.82) is 0 Å². The van der Waals surface area contributed by atoms with Crippen molar-refractivity contribution in [3.63, 3.8) is 0 Å². The Morgan fingerprint density at radius 3 is 2.25 bits per heavy atom. The van der Waals surface area contributed by atoms with E-state index in [-0.39, 0.29) is 23.7 Å². The summed E-state index contributed by atoms with van der Waals surface area (Å²) >= 11 is 0. The number of amides is 1. The third-order valence-corrected chi connectivity index (χ3v) is 11.0. The van der Waals surface area contributed by atoms with Gasteiger partial charge in [-0.3, -0.25) is 4.90 Å². The highest BCUT2D eigenvalue weighted by Gasteiger charge is 2.38. The van der Waals surface area contributed by atoms with E-state index in [1.165, 1.54) is 5.56 Å². The average Bonchev–Trinajstić information content (AvgIpc) is 2.79. The third-order valence-electron chi connectivity index (χ3n) is 6.42. The van der Waals surface area contributed by atoms with Crippen molar-refractivity contribution < 1.29 is 19.1 Å². The van der Waals surface area contributed by atoms with E-state index in [1.54, 1.807) is 4.90 Å². The van der Waals surface area contributed by atoms with E-state index in [4.69, 9.17) is 9.16 Å². The topological polar surface area (TPSA) is 62.2 Å². The molecule has 32 heavy (non-hydrogen) atoms. The number of hydrogen-bond acceptors (Lipinski definition) is 5. The minimum Gasteiger partial charge on any atom is -0.444 e. The first kappa shape index (κ1) is 26.8. The zero-order chi connectivity index (χ0) is 24.2. The van der Waals surface area contributed by atoms with E-state index in [9.17, 15) is 9.90 Å². The summed E-state index contributed by atoms with van der Waals surface area (Å²) in [6.07, 6.45) is -0.197. The summed E-state index contributed by atoms with van der Waals surface area (Å²) in [7, 11) is -1.86. The zero-order valence-corrected chi connectivity index (χ0v) is 22.4. The molecule has 0 spiro atoms. The highest BCUT2D eigenvalue weighted by Crippen LogP contribution is 2.36. The second-order valence-corrected chi connectivity index (χ2v) is 16.3. The Kier molecular flexibility index (Phi) is 8.95. The van der Waals surface area contributed by atoms with Crippen molar-refractivity contribution in [3.8, 4) is 0 Å². The Morgan fingerprint density at radius 1 is 1.06 bits per heavy atom. The molecule has 0 bridgehead atoms. The highest BCUT2D eigenvalue weighted by molar-refractivity contribution is 6.74. The molecular formula is C25H44N2O4Si. The third kappa shape index (κ3) is 8.18. The quantitative estimate of drug-likeness (QED) is 0.608. The molecule has 1 amide bonds. The molecular weight excluding hydrogens is 420 g/mol. The molecule has 1 N–H and O–H groups in total. The van der Waals surface area contributed by atoms with E-state index in [1.807, 2.05) is 39.0 Å². The molecule has 182 valence electrons. The number of ether oxygens (including phenoxy) is 1. The maximum absolute atomic E-state index is 12.8. The number of β-amino-alcohol motifs (C(OH)–C–C–N with tert-alkyl or cyclic N) is 1. The van der Waals surface area contributed by atoms with Crippen LogP contribution in [0.3, 0.4) is 0 Å². The summed E-state index contributed by atoms with van der Waals surface area (Å²) in [5.74, 6) is 0. The van der Waals surface area contributed by atoms with E-state index >= 15 is 0 Å². The van der Waals surface area contributed by atoms with Gasteiger partial charge in [-0.25, -0.2) is 4.79 Å². The van der Waals surface area contributed by atoms with Crippen LogP contribution in [0, 0.1) is 0 Å². The summed E-state index contributed by atoms with van der Waals surface area (Å²) in [6.45, 7) is 19.5. The molecule has 0 radical (unpaired) electrons. The Balaban J connectivity index is 2.18. The van der Waals surface area contributed by atoms with Gasteiger partial charge in [0, 0.05) is 32.3 Å². The maximum Gasteiger partial charge on any atom is 0.410 e. The second-order valence-electron chi connectivity index (χ2n) is 11.5. The Labute approximate surface area is 196 Å². The van der Waals surface area contributed by atoms with Crippen LogP contribution in [-0.2, 0) is 15.7 Å². The van der Waals surface area contributed by atoms with Crippen molar-refractivity contribution in [2.75, 3.05) is 26.2 Å². The number of hydrogen-bond donors (Lipinski definition) is 1. The standard InChI is InChI=1S/C25H44N2O4Si/c1-24(2,3)31-23(29)27-17-21(14-15-30-32(7,8)25(4,5)6)26(18-22(28)19-27)16-20-12-10-9-11-13-20/h9-13,21-22,28H,14-19H2,1-8H3/t21-,22-/m1/s1.